The summed E-state index contributed by atoms with van der Waals surface area (Å²) in [5.41, 5.74) is 2.51. The molecule has 0 spiro atoms. The first-order valence-electron chi connectivity index (χ1n) is 5.11. The van der Waals surface area contributed by atoms with E-state index in [0.717, 1.165) is 19.5 Å². The van der Waals surface area contributed by atoms with E-state index in [2.05, 4.69) is 28.4 Å². The molecule has 2 aliphatic rings. The molecule has 74 valence electrons. The molecule has 1 saturated heterocycles. The molecular formula is C11H14N2O. The maximum absolute atomic E-state index is 9.75. The Labute approximate surface area is 83.3 Å². The smallest absolute Gasteiger partial charge is 0.106 e. The summed E-state index contributed by atoms with van der Waals surface area (Å²) >= 11 is 0. The molecule has 14 heavy (non-hydrogen) atoms. The molecule has 0 aliphatic carbocycles. The van der Waals surface area contributed by atoms with E-state index in [-0.39, 0.29) is 12.3 Å². The largest absolute Gasteiger partial charge is 0.390 e. The van der Waals surface area contributed by atoms with Gasteiger partial charge >= 0.3 is 0 Å². The molecule has 2 heterocycles. The van der Waals surface area contributed by atoms with Gasteiger partial charge in [-0.15, -0.1) is 0 Å². The van der Waals surface area contributed by atoms with Crippen LogP contribution in [-0.4, -0.2) is 28.8 Å². The quantitative estimate of drug-likeness (QED) is 0.640. The summed E-state index contributed by atoms with van der Waals surface area (Å²) in [7, 11) is 0. The number of aliphatic hydroxyl groups excluding tert-OH is 1. The second kappa shape index (κ2) is 2.97. The highest BCUT2D eigenvalue weighted by Crippen LogP contribution is 2.30. The fraction of sp³-hybridized carbons (Fsp3) is 0.455. The van der Waals surface area contributed by atoms with Crippen molar-refractivity contribution in [2.24, 2.45) is 0 Å². The monoisotopic (exact) mass is 190 g/mol. The van der Waals surface area contributed by atoms with E-state index < -0.39 is 0 Å². The lowest BCUT2D eigenvalue weighted by molar-refractivity contribution is 0.124. The molecule has 1 fully saturated rings. The van der Waals surface area contributed by atoms with E-state index in [0.29, 0.717) is 0 Å². The minimum absolute atomic E-state index is 0.130. The fourth-order valence-electron chi connectivity index (χ4n) is 2.38. The van der Waals surface area contributed by atoms with Crippen LogP contribution in [-0.2, 0) is 6.54 Å². The SMILES string of the molecule is O[C@@H]1CCN2Cc3ccccc3N[C@@H]12. The molecule has 1 aromatic rings. The standard InChI is InChI=1S/C11H14N2O/c14-10-5-6-13-7-8-3-1-2-4-9(8)12-11(10)13/h1-4,10-12,14H,5-7H2/t10-,11-/m1/s1. The lowest BCUT2D eigenvalue weighted by atomic mass is 10.1. The number of aliphatic hydroxyl groups is 1. The highest BCUT2D eigenvalue weighted by Gasteiger charge is 2.35. The number of nitrogens with zero attached hydrogens (tertiary/aromatic N) is 1. The summed E-state index contributed by atoms with van der Waals surface area (Å²) in [4.78, 5) is 2.30. The number of anilines is 1. The van der Waals surface area contributed by atoms with Gasteiger partial charge in [0.15, 0.2) is 0 Å². The van der Waals surface area contributed by atoms with E-state index in [1.807, 2.05) is 6.07 Å². The van der Waals surface area contributed by atoms with Crippen LogP contribution >= 0.6 is 0 Å². The average molecular weight is 190 g/mol. The van der Waals surface area contributed by atoms with Gasteiger partial charge in [-0.05, 0) is 18.1 Å². The van der Waals surface area contributed by atoms with Crippen LogP contribution in [0.3, 0.4) is 0 Å². The van der Waals surface area contributed by atoms with Crippen LogP contribution < -0.4 is 5.32 Å². The van der Waals surface area contributed by atoms with E-state index in [1.54, 1.807) is 0 Å². The van der Waals surface area contributed by atoms with Gasteiger partial charge < -0.3 is 10.4 Å². The van der Waals surface area contributed by atoms with Gasteiger partial charge in [0.1, 0.15) is 6.17 Å². The fourth-order valence-corrected chi connectivity index (χ4v) is 2.38. The van der Waals surface area contributed by atoms with Crippen LogP contribution in [0.25, 0.3) is 0 Å². The first-order valence-corrected chi connectivity index (χ1v) is 5.11. The molecule has 0 aromatic heterocycles. The van der Waals surface area contributed by atoms with Gasteiger partial charge in [-0.25, -0.2) is 0 Å². The van der Waals surface area contributed by atoms with Crippen molar-refractivity contribution in [2.45, 2.75) is 25.2 Å². The number of benzene rings is 1. The van der Waals surface area contributed by atoms with Crippen LogP contribution in [0.4, 0.5) is 5.69 Å². The number of fused-ring (bicyclic) bond motifs is 2. The Morgan fingerprint density at radius 2 is 2.21 bits per heavy atom. The van der Waals surface area contributed by atoms with E-state index in [4.69, 9.17) is 0 Å². The molecule has 0 radical (unpaired) electrons. The lowest BCUT2D eigenvalue weighted by Crippen LogP contribution is -2.44. The Morgan fingerprint density at radius 3 is 3.14 bits per heavy atom. The molecule has 0 bridgehead atoms. The Morgan fingerprint density at radius 1 is 1.36 bits per heavy atom. The van der Waals surface area contributed by atoms with Crippen molar-refractivity contribution in [3.05, 3.63) is 29.8 Å². The summed E-state index contributed by atoms with van der Waals surface area (Å²) in [6.45, 7) is 1.96. The predicted octanol–water partition coefficient (Wildman–Crippen LogP) is 1.00. The minimum atomic E-state index is -0.219. The number of rotatable bonds is 0. The number of nitrogens with one attached hydrogen (secondary N) is 1. The third-order valence-electron chi connectivity index (χ3n) is 3.16. The van der Waals surface area contributed by atoms with Gasteiger partial charge in [-0.2, -0.15) is 0 Å². The van der Waals surface area contributed by atoms with E-state index in [1.165, 1.54) is 11.3 Å². The molecule has 0 amide bonds. The van der Waals surface area contributed by atoms with Crippen molar-refractivity contribution >= 4 is 5.69 Å². The number of hydrogen-bond donors (Lipinski definition) is 2. The molecule has 3 heteroatoms. The number of para-hydroxylation sites is 1. The zero-order chi connectivity index (χ0) is 9.54. The van der Waals surface area contributed by atoms with Gasteiger partial charge in [0, 0.05) is 18.8 Å². The Balaban J connectivity index is 1.95. The minimum Gasteiger partial charge on any atom is -0.390 e. The molecule has 2 aliphatic heterocycles. The zero-order valence-electron chi connectivity index (χ0n) is 7.98. The van der Waals surface area contributed by atoms with Gasteiger partial charge in [-0.1, -0.05) is 18.2 Å². The molecular weight excluding hydrogens is 176 g/mol. The van der Waals surface area contributed by atoms with Gasteiger partial charge in [-0.3, -0.25) is 4.90 Å². The third kappa shape index (κ3) is 1.13. The maximum atomic E-state index is 9.75. The summed E-state index contributed by atoms with van der Waals surface area (Å²) in [6, 6.07) is 8.32. The number of hydrogen-bond acceptors (Lipinski definition) is 3. The molecule has 0 saturated carbocycles. The summed E-state index contributed by atoms with van der Waals surface area (Å²) < 4.78 is 0. The first kappa shape index (κ1) is 8.26. The first-order chi connectivity index (χ1) is 6.84. The molecule has 3 nitrogen and oxygen atoms in total. The van der Waals surface area contributed by atoms with E-state index >= 15 is 0 Å². The predicted molar refractivity (Wildman–Crippen MR) is 54.9 cm³/mol. The van der Waals surface area contributed by atoms with Crippen molar-refractivity contribution in [3.63, 3.8) is 0 Å². The van der Waals surface area contributed by atoms with Crippen molar-refractivity contribution in [1.82, 2.24) is 4.90 Å². The van der Waals surface area contributed by atoms with Crippen molar-refractivity contribution in [3.8, 4) is 0 Å². The average Bonchev–Trinajstić information content (AvgIpc) is 2.57. The highest BCUT2D eigenvalue weighted by molar-refractivity contribution is 5.53. The molecule has 3 rings (SSSR count). The summed E-state index contributed by atoms with van der Waals surface area (Å²) in [6.07, 6.45) is 0.791. The zero-order valence-corrected chi connectivity index (χ0v) is 7.98. The molecule has 2 N–H and O–H groups in total. The van der Waals surface area contributed by atoms with Crippen molar-refractivity contribution in [1.29, 1.82) is 0 Å². The highest BCUT2D eigenvalue weighted by atomic mass is 16.3. The van der Waals surface area contributed by atoms with Gasteiger partial charge in [0.05, 0.1) is 6.10 Å². The molecule has 0 unspecified atom stereocenters. The molecule has 1 aromatic carbocycles. The summed E-state index contributed by atoms with van der Waals surface area (Å²) in [5, 5.41) is 13.1. The van der Waals surface area contributed by atoms with Crippen LogP contribution in [0, 0.1) is 0 Å². The second-order valence-corrected chi connectivity index (χ2v) is 4.07. The van der Waals surface area contributed by atoms with Crippen molar-refractivity contribution < 1.29 is 5.11 Å². The third-order valence-corrected chi connectivity index (χ3v) is 3.16. The molecule has 2 atom stereocenters. The van der Waals surface area contributed by atoms with Crippen LogP contribution in [0.5, 0.6) is 0 Å². The van der Waals surface area contributed by atoms with Gasteiger partial charge in [0.2, 0.25) is 0 Å². The Kier molecular flexibility index (Phi) is 1.75. The maximum Gasteiger partial charge on any atom is 0.106 e. The van der Waals surface area contributed by atoms with E-state index in [9.17, 15) is 5.11 Å². The lowest BCUT2D eigenvalue weighted by Gasteiger charge is -2.34. The topological polar surface area (TPSA) is 35.5 Å². The Hall–Kier alpha value is -1.06. The second-order valence-electron chi connectivity index (χ2n) is 4.07. The normalized spacial score (nSPS) is 30.6. The van der Waals surface area contributed by atoms with Gasteiger partial charge in [0.25, 0.3) is 0 Å². The Bertz CT molecular complexity index is 353. The van der Waals surface area contributed by atoms with Crippen LogP contribution in [0.2, 0.25) is 0 Å². The van der Waals surface area contributed by atoms with Crippen LogP contribution in [0.15, 0.2) is 24.3 Å². The summed E-state index contributed by atoms with van der Waals surface area (Å²) in [5.74, 6) is 0. The van der Waals surface area contributed by atoms with Crippen molar-refractivity contribution in [2.75, 3.05) is 11.9 Å². The van der Waals surface area contributed by atoms with Crippen LogP contribution in [0.1, 0.15) is 12.0 Å².